The monoisotopic (exact) mass is 472 g/mol. The van der Waals surface area contributed by atoms with Crippen molar-refractivity contribution >= 4 is 41.2 Å². The van der Waals surface area contributed by atoms with Crippen molar-refractivity contribution in [2.24, 2.45) is 0 Å². The van der Waals surface area contributed by atoms with E-state index in [1.165, 1.54) is 43.1 Å². The quantitative estimate of drug-likeness (QED) is 0.455. The van der Waals surface area contributed by atoms with Crippen LogP contribution in [0, 0.1) is 5.82 Å². The second-order valence-corrected chi connectivity index (χ2v) is 8.43. The Morgan fingerprint density at radius 1 is 1.15 bits per heavy atom. The van der Waals surface area contributed by atoms with Gasteiger partial charge in [0.15, 0.2) is 0 Å². The Labute approximate surface area is 195 Å². The molecule has 1 atom stereocenters. The molecule has 2 aromatic rings. The molecule has 1 saturated heterocycles. The van der Waals surface area contributed by atoms with E-state index in [0.717, 1.165) is 14.7 Å². The van der Waals surface area contributed by atoms with E-state index in [4.69, 9.17) is 0 Å². The van der Waals surface area contributed by atoms with Gasteiger partial charge in [-0.15, -0.1) is 11.8 Å². The SMILES string of the molecule is CCC1(c2ccc(F)cc2)NC(=O)N(CC(=O)N(C)CC(=O)Nc2ccccc2SC)C1=O. The van der Waals surface area contributed by atoms with Crippen LogP contribution < -0.4 is 10.6 Å². The van der Waals surface area contributed by atoms with Gasteiger partial charge in [0.05, 0.1) is 12.2 Å². The molecule has 1 heterocycles. The van der Waals surface area contributed by atoms with E-state index in [9.17, 15) is 23.6 Å². The molecule has 0 bridgehead atoms. The number of benzene rings is 2. The maximum Gasteiger partial charge on any atom is 0.325 e. The highest BCUT2D eigenvalue weighted by molar-refractivity contribution is 7.98. The van der Waals surface area contributed by atoms with E-state index < -0.39 is 41.7 Å². The number of nitrogens with zero attached hydrogens (tertiary/aromatic N) is 2. The lowest BCUT2D eigenvalue weighted by atomic mass is 9.87. The van der Waals surface area contributed by atoms with Gasteiger partial charge < -0.3 is 15.5 Å². The molecule has 8 nitrogen and oxygen atoms in total. The number of imide groups is 1. The fourth-order valence-electron chi connectivity index (χ4n) is 3.64. The Bertz CT molecular complexity index is 1080. The van der Waals surface area contributed by atoms with Gasteiger partial charge in [-0.3, -0.25) is 19.3 Å². The maximum atomic E-state index is 13.3. The number of carbonyl (C=O) groups is 4. The second-order valence-electron chi connectivity index (χ2n) is 7.59. The molecule has 1 aliphatic rings. The first-order chi connectivity index (χ1) is 15.7. The molecule has 2 aromatic carbocycles. The summed E-state index contributed by atoms with van der Waals surface area (Å²) in [6.45, 7) is 0.955. The van der Waals surface area contributed by atoms with E-state index in [2.05, 4.69) is 10.6 Å². The van der Waals surface area contributed by atoms with Gasteiger partial charge in [-0.1, -0.05) is 31.2 Å². The van der Waals surface area contributed by atoms with Gasteiger partial charge in [-0.25, -0.2) is 9.18 Å². The van der Waals surface area contributed by atoms with Crippen LogP contribution in [0.2, 0.25) is 0 Å². The summed E-state index contributed by atoms with van der Waals surface area (Å²) in [5.74, 6) is -2.04. The third-order valence-electron chi connectivity index (χ3n) is 5.52. The standard InChI is InChI=1S/C23H25FN4O4S/c1-4-23(15-9-11-16(24)12-10-15)21(31)28(22(32)26-23)14-20(30)27(2)13-19(29)25-17-7-5-6-8-18(17)33-3/h5-12H,4,13-14H2,1-3H3,(H,25,29)(H,26,32). The molecule has 1 fully saturated rings. The lowest BCUT2D eigenvalue weighted by Crippen LogP contribution is -2.46. The third-order valence-corrected chi connectivity index (χ3v) is 6.32. The van der Waals surface area contributed by atoms with Crippen LogP contribution in [0.4, 0.5) is 14.9 Å². The van der Waals surface area contributed by atoms with E-state index >= 15 is 0 Å². The Balaban J connectivity index is 1.66. The minimum Gasteiger partial charge on any atom is -0.335 e. The zero-order valence-corrected chi connectivity index (χ0v) is 19.4. The first kappa shape index (κ1) is 24.2. The predicted molar refractivity (Wildman–Crippen MR) is 123 cm³/mol. The van der Waals surface area contributed by atoms with Crippen LogP contribution in [-0.2, 0) is 19.9 Å². The van der Waals surface area contributed by atoms with Gasteiger partial charge in [-0.05, 0) is 42.5 Å². The molecule has 0 aliphatic carbocycles. The second kappa shape index (κ2) is 10.0. The van der Waals surface area contributed by atoms with Crippen molar-refractivity contribution in [2.45, 2.75) is 23.8 Å². The molecule has 0 aromatic heterocycles. The van der Waals surface area contributed by atoms with Gasteiger partial charge in [-0.2, -0.15) is 0 Å². The number of rotatable bonds is 8. The lowest BCUT2D eigenvalue weighted by molar-refractivity contribution is -0.139. The highest BCUT2D eigenvalue weighted by atomic mass is 32.2. The molecule has 33 heavy (non-hydrogen) atoms. The van der Waals surface area contributed by atoms with Crippen molar-refractivity contribution in [1.29, 1.82) is 0 Å². The van der Waals surface area contributed by atoms with Gasteiger partial charge in [0.2, 0.25) is 11.8 Å². The molecule has 3 rings (SSSR count). The molecule has 2 N–H and O–H groups in total. The summed E-state index contributed by atoms with van der Waals surface area (Å²) in [5.41, 5.74) is -0.306. The summed E-state index contributed by atoms with van der Waals surface area (Å²) in [5, 5.41) is 5.41. The molecule has 5 amide bonds. The fraction of sp³-hybridized carbons (Fsp3) is 0.304. The average molecular weight is 473 g/mol. The smallest absolute Gasteiger partial charge is 0.325 e. The van der Waals surface area contributed by atoms with Crippen molar-refractivity contribution in [3.63, 3.8) is 0 Å². The molecule has 0 spiro atoms. The molecular formula is C23H25FN4O4S. The number of amides is 5. The van der Waals surface area contributed by atoms with E-state index in [1.54, 1.807) is 19.1 Å². The third kappa shape index (κ3) is 5.00. The Morgan fingerprint density at radius 2 is 1.82 bits per heavy atom. The van der Waals surface area contributed by atoms with Gasteiger partial charge in [0.1, 0.15) is 17.9 Å². The van der Waals surface area contributed by atoms with Crippen LogP contribution >= 0.6 is 11.8 Å². The van der Waals surface area contributed by atoms with E-state index in [0.29, 0.717) is 11.3 Å². The number of likely N-dealkylation sites (N-methyl/N-ethyl adjacent to an activating group) is 1. The number of hydrogen-bond acceptors (Lipinski definition) is 5. The number of para-hydroxylation sites is 1. The van der Waals surface area contributed by atoms with Crippen molar-refractivity contribution in [2.75, 3.05) is 31.7 Å². The number of hydrogen-bond donors (Lipinski definition) is 2. The molecule has 174 valence electrons. The number of anilines is 1. The summed E-state index contributed by atoms with van der Waals surface area (Å²) >= 11 is 1.48. The molecule has 1 unspecified atom stereocenters. The molecule has 10 heteroatoms. The van der Waals surface area contributed by atoms with E-state index in [-0.39, 0.29) is 13.0 Å². The zero-order chi connectivity index (χ0) is 24.2. The molecule has 1 aliphatic heterocycles. The summed E-state index contributed by atoms with van der Waals surface area (Å²) < 4.78 is 13.3. The Kier molecular flexibility index (Phi) is 7.37. The maximum absolute atomic E-state index is 13.3. The minimum atomic E-state index is -1.37. The van der Waals surface area contributed by atoms with Crippen LogP contribution in [0.1, 0.15) is 18.9 Å². The molecular weight excluding hydrogens is 447 g/mol. The number of nitrogens with one attached hydrogen (secondary N) is 2. The normalized spacial score (nSPS) is 17.6. The largest absolute Gasteiger partial charge is 0.335 e. The summed E-state index contributed by atoms with van der Waals surface area (Å²) in [4.78, 5) is 53.7. The lowest BCUT2D eigenvalue weighted by Gasteiger charge is -2.26. The van der Waals surface area contributed by atoms with Crippen LogP contribution in [0.15, 0.2) is 53.4 Å². The number of halogens is 1. The van der Waals surface area contributed by atoms with Crippen LogP contribution in [-0.4, -0.2) is 59.9 Å². The predicted octanol–water partition coefficient (Wildman–Crippen LogP) is 2.80. The number of urea groups is 1. The highest BCUT2D eigenvalue weighted by Crippen LogP contribution is 2.32. The first-order valence-corrected chi connectivity index (χ1v) is 11.5. The van der Waals surface area contributed by atoms with Crippen molar-refractivity contribution < 1.29 is 23.6 Å². The summed E-state index contributed by atoms with van der Waals surface area (Å²) in [6.07, 6.45) is 2.11. The van der Waals surface area contributed by atoms with Crippen LogP contribution in [0.3, 0.4) is 0 Å². The summed E-state index contributed by atoms with van der Waals surface area (Å²) in [7, 11) is 1.42. The van der Waals surface area contributed by atoms with Crippen LogP contribution in [0.5, 0.6) is 0 Å². The molecule has 0 radical (unpaired) electrons. The van der Waals surface area contributed by atoms with Crippen molar-refractivity contribution in [3.8, 4) is 0 Å². The first-order valence-electron chi connectivity index (χ1n) is 10.3. The van der Waals surface area contributed by atoms with Gasteiger partial charge in [0.25, 0.3) is 5.91 Å². The minimum absolute atomic E-state index is 0.223. The highest BCUT2D eigenvalue weighted by Gasteiger charge is 2.51. The van der Waals surface area contributed by atoms with Crippen molar-refractivity contribution in [1.82, 2.24) is 15.1 Å². The Hall–Kier alpha value is -3.40. The average Bonchev–Trinajstić information content (AvgIpc) is 3.04. The number of thioether (sulfide) groups is 1. The summed E-state index contributed by atoms with van der Waals surface area (Å²) in [6, 6.07) is 11.9. The topological polar surface area (TPSA) is 98.8 Å². The van der Waals surface area contributed by atoms with Gasteiger partial charge >= 0.3 is 6.03 Å². The van der Waals surface area contributed by atoms with Gasteiger partial charge in [0, 0.05) is 11.9 Å². The number of carbonyl (C=O) groups excluding carboxylic acids is 4. The zero-order valence-electron chi connectivity index (χ0n) is 18.6. The van der Waals surface area contributed by atoms with E-state index in [1.807, 2.05) is 18.4 Å². The fourth-order valence-corrected chi connectivity index (χ4v) is 4.19. The van der Waals surface area contributed by atoms with Crippen LogP contribution in [0.25, 0.3) is 0 Å². The van der Waals surface area contributed by atoms with Crippen molar-refractivity contribution in [3.05, 3.63) is 59.9 Å². The molecule has 0 saturated carbocycles. The Morgan fingerprint density at radius 3 is 2.45 bits per heavy atom.